The molecule has 0 saturated carbocycles. The van der Waals surface area contributed by atoms with Crippen molar-refractivity contribution in [3.8, 4) is 0 Å². The monoisotopic (exact) mass is 382 g/mol. The maximum Gasteiger partial charge on any atom is 0.270 e. The molecule has 0 radical (unpaired) electrons. The Labute approximate surface area is 163 Å². The number of likely N-dealkylation sites (tertiary alicyclic amines) is 1. The Morgan fingerprint density at radius 1 is 1.32 bits per heavy atom. The molecule has 1 saturated heterocycles. The van der Waals surface area contributed by atoms with Crippen LogP contribution >= 0.6 is 0 Å². The van der Waals surface area contributed by atoms with E-state index in [0.717, 1.165) is 32.2 Å². The van der Waals surface area contributed by atoms with Gasteiger partial charge in [0.2, 0.25) is 0 Å². The molecule has 4 heterocycles. The first kappa shape index (κ1) is 18.7. The lowest BCUT2D eigenvalue weighted by Crippen LogP contribution is -2.42. The van der Waals surface area contributed by atoms with E-state index in [2.05, 4.69) is 6.92 Å². The van der Waals surface area contributed by atoms with E-state index < -0.39 is 0 Å². The third kappa shape index (κ3) is 3.20. The predicted octanol–water partition coefficient (Wildman–Crippen LogP) is 2.70. The minimum absolute atomic E-state index is 0.0175. The summed E-state index contributed by atoms with van der Waals surface area (Å²) in [4.78, 5) is 33.0. The summed E-state index contributed by atoms with van der Waals surface area (Å²) < 4.78 is 8.61. The predicted molar refractivity (Wildman–Crippen MR) is 108 cm³/mol. The number of nitrogens with zero attached hydrogens (tertiary/aromatic N) is 4. The topological polar surface area (TPSA) is 68.8 Å². The molecule has 1 amide bonds. The molecule has 0 spiro atoms. The maximum absolute atomic E-state index is 13.4. The number of methoxy groups -OCH3 is 1. The van der Waals surface area contributed by atoms with Gasteiger partial charge in [0.15, 0.2) is 0 Å². The number of pyridine rings is 1. The number of rotatable bonds is 5. The molecule has 1 aliphatic heterocycles. The summed E-state index contributed by atoms with van der Waals surface area (Å²) in [5.74, 6) is -0.0175. The number of carbonyl (C=O) groups excluding carboxylic acids is 1. The van der Waals surface area contributed by atoms with Crippen LogP contribution in [0.15, 0.2) is 35.3 Å². The van der Waals surface area contributed by atoms with Crippen LogP contribution in [0, 0.1) is 0 Å². The maximum atomic E-state index is 13.4. The molecule has 3 aromatic heterocycles. The molecule has 148 valence electrons. The van der Waals surface area contributed by atoms with Gasteiger partial charge in [-0.15, -0.1) is 0 Å². The van der Waals surface area contributed by atoms with Gasteiger partial charge in [0, 0.05) is 39.0 Å². The Morgan fingerprint density at radius 2 is 2.18 bits per heavy atom. The second-order valence-corrected chi connectivity index (χ2v) is 7.45. The number of amides is 1. The Balaban J connectivity index is 1.87. The number of carbonyl (C=O) groups is 1. The van der Waals surface area contributed by atoms with Gasteiger partial charge in [-0.05, 0) is 50.8 Å². The molecule has 1 unspecified atom stereocenters. The van der Waals surface area contributed by atoms with Gasteiger partial charge in [0.1, 0.15) is 17.0 Å². The van der Waals surface area contributed by atoms with Gasteiger partial charge in [-0.3, -0.25) is 14.0 Å². The van der Waals surface area contributed by atoms with Crippen LogP contribution in [-0.2, 0) is 11.3 Å². The second kappa shape index (κ2) is 7.75. The van der Waals surface area contributed by atoms with E-state index >= 15 is 0 Å². The first-order valence-corrected chi connectivity index (χ1v) is 9.92. The average Bonchev–Trinajstić information content (AvgIpc) is 3.07. The Hall–Kier alpha value is -2.67. The minimum atomic E-state index is -0.146. The van der Waals surface area contributed by atoms with Crippen molar-refractivity contribution in [1.29, 1.82) is 0 Å². The van der Waals surface area contributed by atoms with Crippen molar-refractivity contribution in [3.63, 3.8) is 0 Å². The van der Waals surface area contributed by atoms with E-state index in [0.29, 0.717) is 35.5 Å². The molecule has 7 heteroatoms. The van der Waals surface area contributed by atoms with Crippen LogP contribution in [0.4, 0.5) is 0 Å². The SMILES string of the molecule is COCCCn1c(C(=O)N2CCCCC2C)cc2c(=O)n3ccccc3nc21. The quantitative estimate of drug-likeness (QED) is 0.636. The average molecular weight is 382 g/mol. The van der Waals surface area contributed by atoms with E-state index in [1.54, 1.807) is 25.4 Å². The van der Waals surface area contributed by atoms with Crippen molar-refractivity contribution in [2.75, 3.05) is 20.3 Å². The standard InChI is InChI=1S/C21H26N4O3/c1-15-8-3-5-10-23(15)21(27)17-14-16-19(24(17)12-7-13-28-2)22-18-9-4-6-11-25(18)20(16)26/h4,6,9,11,14-15H,3,5,7-8,10,12-13H2,1-2H3. The summed E-state index contributed by atoms with van der Waals surface area (Å²) >= 11 is 0. The van der Waals surface area contributed by atoms with Crippen LogP contribution < -0.4 is 5.56 Å². The first-order valence-electron chi connectivity index (χ1n) is 9.92. The zero-order chi connectivity index (χ0) is 19.7. The van der Waals surface area contributed by atoms with Crippen molar-refractivity contribution in [1.82, 2.24) is 18.9 Å². The van der Waals surface area contributed by atoms with Crippen LogP contribution in [0.5, 0.6) is 0 Å². The normalized spacial score (nSPS) is 17.5. The van der Waals surface area contributed by atoms with Gasteiger partial charge in [-0.2, -0.15) is 0 Å². The molecule has 0 bridgehead atoms. The molecular formula is C21H26N4O3. The van der Waals surface area contributed by atoms with Gasteiger partial charge in [-0.25, -0.2) is 4.98 Å². The van der Waals surface area contributed by atoms with Gasteiger partial charge in [-0.1, -0.05) is 6.07 Å². The smallest absolute Gasteiger partial charge is 0.270 e. The lowest BCUT2D eigenvalue weighted by Gasteiger charge is -2.33. The number of aromatic nitrogens is 3. The Kier molecular flexibility index (Phi) is 5.17. The third-order valence-corrected chi connectivity index (χ3v) is 5.59. The largest absolute Gasteiger partial charge is 0.385 e. The van der Waals surface area contributed by atoms with Crippen LogP contribution in [0.3, 0.4) is 0 Å². The fourth-order valence-electron chi connectivity index (χ4n) is 4.07. The van der Waals surface area contributed by atoms with Crippen molar-refractivity contribution < 1.29 is 9.53 Å². The summed E-state index contributed by atoms with van der Waals surface area (Å²) in [6.45, 7) is 4.01. The van der Waals surface area contributed by atoms with E-state index in [-0.39, 0.29) is 17.5 Å². The summed E-state index contributed by atoms with van der Waals surface area (Å²) in [6, 6.07) is 7.40. The van der Waals surface area contributed by atoms with Crippen LogP contribution in [0.1, 0.15) is 43.1 Å². The molecule has 0 aromatic carbocycles. The summed E-state index contributed by atoms with van der Waals surface area (Å²) in [5.41, 5.74) is 1.55. The molecule has 0 aliphatic carbocycles. The minimum Gasteiger partial charge on any atom is -0.385 e. The Morgan fingerprint density at radius 3 is 2.96 bits per heavy atom. The van der Waals surface area contributed by atoms with Crippen molar-refractivity contribution in [2.45, 2.75) is 45.2 Å². The highest BCUT2D eigenvalue weighted by molar-refractivity contribution is 5.98. The van der Waals surface area contributed by atoms with E-state index in [1.165, 1.54) is 4.40 Å². The van der Waals surface area contributed by atoms with Crippen LogP contribution in [0.25, 0.3) is 16.7 Å². The van der Waals surface area contributed by atoms with Crippen molar-refractivity contribution in [2.24, 2.45) is 0 Å². The number of hydrogen-bond acceptors (Lipinski definition) is 4. The zero-order valence-electron chi connectivity index (χ0n) is 16.4. The lowest BCUT2D eigenvalue weighted by atomic mass is 10.0. The molecule has 28 heavy (non-hydrogen) atoms. The van der Waals surface area contributed by atoms with Gasteiger partial charge in [0.25, 0.3) is 11.5 Å². The lowest BCUT2D eigenvalue weighted by molar-refractivity contribution is 0.0624. The number of piperidine rings is 1. The van der Waals surface area contributed by atoms with Crippen molar-refractivity contribution >= 4 is 22.6 Å². The molecule has 4 rings (SSSR count). The van der Waals surface area contributed by atoms with Gasteiger partial charge in [0.05, 0.1) is 5.39 Å². The zero-order valence-corrected chi connectivity index (χ0v) is 16.4. The summed E-state index contributed by atoms with van der Waals surface area (Å²) in [7, 11) is 1.66. The molecule has 1 fully saturated rings. The first-order chi connectivity index (χ1) is 13.6. The van der Waals surface area contributed by atoms with Crippen LogP contribution in [-0.4, -0.2) is 51.1 Å². The molecule has 1 aliphatic rings. The van der Waals surface area contributed by atoms with Crippen LogP contribution in [0.2, 0.25) is 0 Å². The number of ether oxygens (including phenoxy) is 1. The molecule has 3 aromatic rings. The second-order valence-electron chi connectivity index (χ2n) is 7.45. The Bertz CT molecular complexity index is 1070. The summed E-state index contributed by atoms with van der Waals surface area (Å²) in [6.07, 6.45) is 5.63. The molecule has 0 N–H and O–H groups in total. The van der Waals surface area contributed by atoms with Gasteiger partial charge >= 0.3 is 0 Å². The van der Waals surface area contributed by atoms with E-state index in [9.17, 15) is 9.59 Å². The van der Waals surface area contributed by atoms with Gasteiger partial charge < -0.3 is 14.2 Å². The highest BCUT2D eigenvalue weighted by Crippen LogP contribution is 2.23. The number of fused-ring (bicyclic) bond motifs is 2. The number of hydrogen-bond donors (Lipinski definition) is 0. The van der Waals surface area contributed by atoms with Crippen molar-refractivity contribution in [3.05, 3.63) is 46.5 Å². The molecular weight excluding hydrogens is 356 g/mol. The fourth-order valence-corrected chi connectivity index (χ4v) is 4.07. The highest BCUT2D eigenvalue weighted by atomic mass is 16.5. The third-order valence-electron chi connectivity index (χ3n) is 5.59. The number of aryl methyl sites for hydroxylation is 1. The van der Waals surface area contributed by atoms with E-state index in [4.69, 9.17) is 9.72 Å². The molecule has 1 atom stereocenters. The fraction of sp³-hybridized carbons (Fsp3) is 0.476. The van der Waals surface area contributed by atoms with E-state index in [1.807, 2.05) is 21.6 Å². The highest BCUT2D eigenvalue weighted by Gasteiger charge is 2.28. The molecule has 7 nitrogen and oxygen atoms in total. The summed E-state index contributed by atoms with van der Waals surface area (Å²) in [5, 5.41) is 0.481.